The summed E-state index contributed by atoms with van der Waals surface area (Å²) in [6.45, 7) is -0.396. The molecule has 0 heterocycles. The fraction of sp³-hybridized carbons (Fsp3) is 0.571. The lowest BCUT2D eigenvalue weighted by atomic mass is 10.7. The number of halogens is 1. The van der Waals surface area contributed by atoms with Gasteiger partial charge in [-0.15, -0.1) is 6.42 Å². The zero-order valence-corrected chi connectivity index (χ0v) is 8.62. The summed E-state index contributed by atoms with van der Waals surface area (Å²) < 4.78 is 37.1. The van der Waals surface area contributed by atoms with Crippen molar-refractivity contribution in [2.45, 2.75) is 5.91 Å². The van der Waals surface area contributed by atoms with E-state index >= 15 is 0 Å². The van der Waals surface area contributed by atoms with E-state index in [4.69, 9.17) is 6.42 Å². The normalized spacial score (nSPS) is 13.0. The number of carbonyl (C=O) groups excluding carboxylic acids is 1. The van der Waals surface area contributed by atoms with Crippen molar-refractivity contribution in [3.63, 3.8) is 0 Å². The van der Waals surface area contributed by atoms with Crippen LogP contribution >= 0.6 is 7.60 Å². The number of hydrogen-bond acceptors (Lipinski definition) is 5. The fourth-order valence-corrected chi connectivity index (χ4v) is 1.42. The minimum Gasteiger partial charge on any atom is -0.450 e. The standard InChI is InChI=1S/C7H10FO5P/c1-4-5-13-7(9)6(8)14(10,11-2)12-3/h1,6H,5H2,2-3H3. The van der Waals surface area contributed by atoms with E-state index in [2.05, 4.69) is 13.8 Å². The average Bonchev–Trinajstić information content (AvgIpc) is 2.23. The molecule has 1 atom stereocenters. The number of rotatable bonds is 5. The molecule has 0 aromatic rings. The Kier molecular flexibility index (Phi) is 5.39. The van der Waals surface area contributed by atoms with E-state index in [1.807, 2.05) is 5.92 Å². The fourth-order valence-electron chi connectivity index (χ4n) is 0.570. The predicted molar refractivity (Wildman–Crippen MR) is 46.3 cm³/mol. The zero-order valence-electron chi connectivity index (χ0n) is 7.73. The Balaban J connectivity index is 4.45. The number of ether oxygens (including phenoxy) is 1. The molecule has 0 radical (unpaired) electrons. The molecule has 14 heavy (non-hydrogen) atoms. The van der Waals surface area contributed by atoms with E-state index in [1.165, 1.54) is 0 Å². The average molecular weight is 224 g/mol. The number of esters is 1. The Labute approximate surface area is 81.1 Å². The van der Waals surface area contributed by atoms with Gasteiger partial charge < -0.3 is 13.8 Å². The summed E-state index contributed by atoms with van der Waals surface area (Å²) in [7, 11) is -2.15. The number of alkyl halides is 1. The van der Waals surface area contributed by atoms with Crippen molar-refractivity contribution in [1.29, 1.82) is 0 Å². The van der Waals surface area contributed by atoms with E-state index in [0.29, 0.717) is 0 Å². The van der Waals surface area contributed by atoms with Gasteiger partial charge in [-0.1, -0.05) is 5.92 Å². The molecule has 0 saturated heterocycles. The van der Waals surface area contributed by atoms with E-state index < -0.39 is 26.1 Å². The largest absolute Gasteiger partial charge is 0.450 e. The van der Waals surface area contributed by atoms with Gasteiger partial charge in [0.15, 0.2) is 6.61 Å². The van der Waals surface area contributed by atoms with E-state index in [1.54, 1.807) is 0 Å². The van der Waals surface area contributed by atoms with Gasteiger partial charge in [0, 0.05) is 14.2 Å². The molecule has 0 aliphatic heterocycles. The van der Waals surface area contributed by atoms with Gasteiger partial charge in [-0.2, -0.15) is 0 Å². The first-order valence-corrected chi connectivity index (χ1v) is 5.08. The van der Waals surface area contributed by atoms with Crippen LogP contribution in [0.1, 0.15) is 0 Å². The SMILES string of the molecule is C#CCOC(=O)C(F)P(=O)(OC)OC. The minimum absolute atomic E-state index is 0.396. The van der Waals surface area contributed by atoms with Crippen LogP contribution < -0.4 is 0 Å². The Morgan fingerprint density at radius 2 is 2.07 bits per heavy atom. The quantitative estimate of drug-likeness (QED) is 0.395. The van der Waals surface area contributed by atoms with Crippen molar-refractivity contribution in [1.82, 2.24) is 0 Å². The highest BCUT2D eigenvalue weighted by Crippen LogP contribution is 2.52. The second kappa shape index (κ2) is 5.76. The third-order valence-corrected chi connectivity index (χ3v) is 3.06. The van der Waals surface area contributed by atoms with Crippen molar-refractivity contribution in [2.75, 3.05) is 20.8 Å². The first kappa shape index (κ1) is 13.1. The van der Waals surface area contributed by atoms with Crippen molar-refractivity contribution in [2.24, 2.45) is 0 Å². The Morgan fingerprint density at radius 3 is 2.43 bits per heavy atom. The Hall–Kier alpha value is -0.890. The monoisotopic (exact) mass is 224 g/mol. The van der Waals surface area contributed by atoms with Crippen molar-refractivity contribution in [3.05, 3.63) is 0 Å². The van der Waals surface area contributed by atoms with Gasteiger partial charge >= 0.3 is 13.6 Å². The Morgan fingerprint density at radius 1 is 1.57 bits per heavy atom. The van der Waals surface area contributed by atoms with Gasteiger partial charge in [-0.05, 0) is 0 Å². The maximum atomic E-state index is 13.1. The molecule has 0 fully saturated rings. The van der Waals surface area contributed by atoms with Crippen LogP contribution in [-0.4, -0.2) is 32.7 Å². The summed E-state index contributed by atoms with van der Waals surface area (Å²) in [5.41, 5.74) is 0. The Bertz CT molecular complexity index is 276. The van der Waals surface area contributed by atoms with Gasteiger partial charge in [0.05, 0.1) is 0 Å². The van der Waals surface area contributed by atoms with Gasteiger partial charge in [-0.25, -0.2) is 9.18 Å². The van der Waals surface area contributed by atoms with Crippen LogP contribution in [0.3, 0.4) is 0 Å². The van der Waals surface area contributed by atoms with Gasteiger partial charge in [0.1, 0.15) is 0 Å². The van der Waals surface area contributed by atoms with Crippen LogP contribution in [0.15, 0.2) is 0 Å². The third-order valence-electron chi connectivity index (χ3n) is 1.28. The smallest absolute Gasteiger partial charge is 0.375 e. The van der Waals surface area contributed by atoms with Crippen LogP contribution in [0.5, 0.6) is 0 Å². The lowest BCUT2D eigenvalue weighted by molar-refractivity contribution is -0.145. The first-order chi connectivity index (χ1) is 6.51. The van der Waals surface area contributed by atoms with Gasteiger partial charge in [-0.3, -0.25) is 4.57 Å². The highest BCUT2D eigenvalue weighted by molar-refractivity contribution is 7.55. The summed E-state index contributed by atoms with van der Waals surface area (Å²) in [5, 5.41) is 0. The number of carbonyl (C=O) groups is 1. The summed E-state index contributed by atoms with van der Waals surface area (Å²) in [6.07, 6.45) is 4.77. The summed E-state index contributed by atoms with van der Waals surface area (Å²) in [5.74, 6) is -1.89. The van der Waals surface area contributed by atoms with Crippen LogP contribution in [0.4, 0.5) is 4.39 Å². The lowest BCUT2D eigenvalue weighted by Crippen LogP contribution is -2.20. The minimum atomic E-state index is -4.08. The van der Waals surface area contributed by atoms with E-state index in [0.717, 1.165) is 14.2 Å². The molecule has 7 heteroatoms. The molecule has 0 aliphatic carbocycles. The van der Waals surface area contributed by atoms with Crippen molar-refractivity contribution >= 4 is 13.6 Å². The van der Waals surface area contributed by atoms with Crippen LogP contribution in [0.2, 0.25) is 0 Å². The molecule has 0 aromatic carbocycles. The molecule has 80 valence electrons. The molecule has 0 N–H and O–H groups in total. The van der Waals surface area contributed by atoms with Gasteiger partial charge in [0.25, 0.3) is 5.91 Å². The van der Waals surface area contributed by atoms with Crippen molar-refractivity contribution < 1.29 is 27.5 Å². The number of hydrogen-bond donors (Lipinski definition) is 0. The summed E-state index contributed by atoms with van der Waals surface area (Å²) in [6, 6.07) is 0. The molecule has 0 aromatic heterocycles. The van der Waals surface area contributed by atoms with Gasteiger partial charge in [0.2, 0.25) is 0 Å². The molecule has 0 rings (SSSR count). The summed E-state index contributed by atoms with van der Waals surface area (Å²) in [4.78, 5) is 10.8. The summed E-state index contributed by atoms with van der Waals surface area (Å²) >= 11 is 0. The van der Waals surface area contributed by atoms with Crippen LogP contribution in [0.25, 0.3) is 0 Å². The maximum Gasteiger partial charge on any atom is 0.375 e. The lowest BCUT2D eigenvalue weighted by Gasteiger charge is -2.15. The van der Waals surface area contributed by atoms with Crippen LogP contribution in [-0.2, 0) is 23.1 Å². The van der Waals surface area contributed by atoms with E-state index in [-0.39, 0.29) is 0 Å². The predicted octanol–water partition coefficient (Wildman–Crippen LogP) is 0.944. The second-order valence-electron chi connectivity index (χ2n) is 2.05. The highest BCUT2D eigenvalue weighted by atomic mass is 31.2. The van der Waals surface area contributed by atoms with E-state index in [9.17, 15) is 13.8 Å². The molecular weight excluding hydrogens is 214 g/mol. The highest BCUT2D eigenvalue weighted by Gasteiger charge is 2.41. The van der Waals surface area contributed by atoms with Crippen LogP contribution in [0, 0.1) is 12.3 Å². The molecule has 0 spiro atoms. The molecule has 0 bridgehead atoms. The maximum absolute atomic E-state index is 13.1. The molecule has 0 saturated carbocycles. The number of terminal acetylenes is 1. The zero-order chi connectivity index (χ0) is 11.2. The second-order valence-corrected chi connectivity index (χ2v) is 4.32. The molecular formula is C7H10FO5P. The third kappa shape index (κ3) is 3.11. The van der Waals surface area contributed by atoms with Crippen molar-refractivity contribution in [3.8, 4) is 12.3 Å². The molecule has 0 amide bonds. The topological polar surface area (TPSA) is 61.8 Å². The molecule has 1 unspecified atom stereocenters. The first-order valence-electron chi connectivity index (χ1n) is 3.47. The molecule has 0 aliphatic rings. The molecule has 5 nitrogen and oxygen atoms in total.